The molecule has 0 atom stereocenters. The number of carbonyl (C=O) groups excluding carboxylic acids is 1. The first-order valence-electron chi connectivity index (χ1n) is 9.58. The van der Waals surface area contributed by atoms with Crippen LogP contribution < -0.4 is 5.32 Å². The van der Waals surface area contributed by atoms with E-state index in [4.69, 9.17) is 0 Å². The van der Waals surface area contributed by atoms with Crippen LogP contribution in [-0.4, -0.2) is 32.7 Å². The molecule has 0 bridgehead atoms. The van der Waals surface area contributed by atoms with Crippen molar-refractivity contribution in [3.05, 3.63) is 84.4 Å². The topological polar surface area (TPSA) is 59.8 Å². The van der Waals surface area contributed by atoms with E-state index in [-0.39, 0.29) is 23.0 Å². The van der Waals surface area contributed by atoms with Crippen molar-refractivity contribution in [3.8, 4) is 17.1 Å². The number of para-hydroxylation sites is 1. The molecule has 3 aromatic carbocycles. The van der Waals surface area contributed by atoms with Gasteiger partial charge in [-0.2, -0.15) is 0 Å². The highest BCUT2D eigenvalue weighted by atomic mass is 32.2. The number of thioether (sulfide) groups is 2. The summed E-state index contributed by atoms with van der Waals surface area (Å²) in [5.41, 5.74) is 1.55. The zero-order valence-electron chi connectivity index (χ0n) is 17.0. The maximum atomic E-state index is 14.5. The highest BCUT2D eigenvalue weighted by Gasteiger charge is 2.19. The third-order valence-electron chi connectivity index (χ3n) is 4.55. The number of nitrogens with zero attached hydrogens (tertiary/aromatic N) is 3. The second kappa shape index (κ2) is 9.97. The Morgan fingerprint density at radius 2 is 1.69 bits per heavy atom. The fourth-order valence-electron chi connectivity index (χ4n) is 3.07. The second-order valence-electron chi connectivity index (χ2n) is 6.63. The zero-order valence-corrected chi connectivity index (χ0v) is 18.6. The first-order chi connectivity index (χ1) is 15.6. The largest absolute Gasteiger partial charge is 0.324 e. The first-order valence-corrected chi connectivity index (χ1v) is 11.8. The van der Waals surface area contributed by atoms with Crippen LogP contribution >= 0.6 is 23.5 Å². The molecule has 1 heterocycles. The quantitative estimate of drug-likeness (QED) is 0.355. The summed E-state index contributed by atoms with van der Waals surface area (Å²) in [6, 6.07) is 19.5. The summed E-state index contributed by atoms with van der Waals surface area (Å²) < 4.78 is 29.6. The minimum absolute atomic E-state index is 0.0688. The van der Waals surface area contributed by atoms with Gasteiger partial charge in [-0.05, 0) is 54.8 Å². The maximum Gasteiger partial charge on any atom is 0.234 e. The van der Waals surface area contributed by atoms with E-state index >= 15 is 0 Å². The molecule has 0 radical (unpaired) electrons. The molecule has 0 aliphatic carbocycles. The Morgan fingerprint density at radius 3 is 2.44 bits per heavy atom. The van der Waals surface area contributed by atoms with Crippen molar-refractivity contribution in [1.82, 2.24) is 14.8 Å². The molecule has 0 aliphatic heterocycles. The van der Waals surface area contributed by atoms with Crippen LogP contribution in [0.5, 0.6) is 0 Å². The predicted molar refractivity (Wildman–Crippen MR) is 124 cm³/mol. The fourth-order valence-corrected chi connectivity index (χ4v) is 4.37. The van der Waals surface area contributed by atoms with E-state index in [1.165, 1.54) is 18.2 Å². The van der Waals surface area contributed by atoms with Gasteiger partial charge in [0.25, 0.3) is 0 Å². The van der Waals surface area contributed by atoms with Gasteiger partial charge in [-0.15, -0.1) is 22.0 Å². The number of aromatic nitrogens is 3. The monoisotopic (exact) mass is 468 g/mol. The number of hydrogen-bond acceptors (Lipinski definition) is 5. The second-order valence-corrected chi connectivity index (χ2v) is 8.43. The van der Waals surface area contributed by atoms with Gasteiger partial charge in [0.15, 0.2) is 11.0 Å². The molecule has 1 N–H and O–H groups in total. The van der Waals surface area contributed by atoms with E-state index in [1.807, 2.05) is 30.5 Å². The highest BCUT2D eigenvalue weighted by molar-refractivity contribution is 7.99. The minimum atomic E-state index is -0.453. The van der Waals surface area contributed by atoms with Gasteiger partial charge in [0.2, 0.25) is 5.91 Å². The van der Waals surface area contributed by atoms with Crippen molar-refractivity contribution in [1.29, 1.82) is 0 Å². The number of amides is 1. The smallest absolute Gasteiger partial charge is 0.234 e. The van der Waals surface area contributed by atoms with Gasteiger partial charge < -0.3 is 5.32 Å². The van der Waals surface area contributed by atoms with Gasteiger partial charge in [-0.25, -0.2) is 8.78 Å². The van der Waals surface area contributed by atoms with Crippen molar-refractivity contribution >= 4 is 35.1 Å². The van der Waals surface area contributed by atoms with E-state index in [0.29, 0.717) is 10.8 Å². The van der Waals surface area contributed by atoms with Crippen LogP contribution in [0.1, 0.15) is 0 Å². The normalized spacial score (nSPS) is 10.8. The van der Waals surface area contributed by atoms with E-state index in [1.54, 1.807) is 46.7 Å². The third kappa shape index (κ3) is 4.84. The summed E-state index contributed by atoms with van der Waals surface area (Å²) in [4.78, 5) is 13.5. The lowest BCUT2D eigenvalue weighted by Gasteiger charge is -2.11. The van der Waals surface area contributed by atoms with Gasteiger partial charge in [0.05, 0.1) is 17.0 Å². The molecule has 0 fully saturated rings. The van der Waals surface area contributed by atoms with Gasteiger partial charge in [-0.1, -0.05) is 36.0 Å². The summed E-state index contributed by atoms with van der Waals surface area (Å²) in [7, 11) is 0. The molecule has 5 nitrogen and oxygen atoms in total. The van der Waals surface area contributed by atoms with Crippen LogP contribution in [0.3, 0.4) is 0 Å². The molecule has 0 saturated carbocycles. The Kier molecular flexibility index (Phi) is 6.87. The van der Waals surface area contributed by atoms with Crippen LogP contribution in [0, 0.1) is 11.6 Å². The zero-order chi connectivity index (χ0) is 22.5. The SMILES string of the molecule is CSc1ccccc1NC(=O)CSc1nnc(-c2ccccc2F)n1-c1ccc(F)cc1. The Labute approximate surface area is 192 Å². The summed E-state index contributed by atoms with van der Waals surface area (Å²) in [6.07, 6.45) is 1.94. The molecule has 1 amide bonds. The molecule has 9 heteroatoms. The van der Waals surface area contributed by atoms with Crippen LogP contribution in [0.15, 0.2) is 82.8 Å². The number of benzene rings is 3. The third-order valence-corrected chi connectivity index (χ3v) is 6.27. The van der Waals surface area contributed by atoms with E-state index in [0.717, 1.165) is 22.3 Å². The number of nitrogens with one attached hydrogen (secondary N) is 1. The average molecular weight is 469 g/mol. The van der Waals surface area contributed by atoms with Gasteiger partial charge in [0, 0.05) is 10.6 Å². The standard InChI is InChI=1S/C23H18F2N4OS2/c1-31-20-9-5-4-8-19(20)26-21(30)14-32-23-28-27-22(17-6-2-3-7-18(17)25)29(23)16-12-10-15(24)11-13-16/h2-13H,14H2,1H3,(H,26,30). The average Bonchev–Trinajstić information content (AvgIpc) is 3.22. The lowest BCUT2D eigenvalue weighted by atomic mass is 10.2. The number of halogens is 2. The Balaban J connectivity index is 1.62. The summed E-state index contributed by atoms with van der Waals surface area (Å²) >= 11 is 2.70. The molecular weight excluding hydrogens is 450 g/mol. The highest BCUT2D eigenvalue weighted by Crippen LogP contribution is 2.30. The molecule has 0 spiro atoms. The molecule has 0 unspecified atom stereocenters. The van der Waals surface area contributed by atoms with Crippen LogP contribution in [0.2, 0.25) is 0 Å². The van der Waals surface area contributed by atoms with Crippen molar-refractivity contribution in [3.63, 3.8) is 0 Å². The number of rotatable bonds is 7. The minimum Gasteiger partial charge on any atom is -0.324 e. The molecule has 0 aliphatic rings. The summed E-state index contributed by atoms with van der Waals surface area (Å²) in [5, 5.41) is 11.6. The lowest BCUT2D eigenvalue weighted by molar-refractivity contribution is -0.113. The first kappa shape index (κ1) is 22.0. The van der Waals surface area contributed by atoms with Crippen LogP contribution in [0.25, 0.3) is 17.1 Å². The Bertz CT molecular complexity index is 1240. The molecule has 1 aromatic heterocycles. The lowest BCUT2D eigenvalue weighted by Crippen LogP contribution is -2.15. The molecule has 4 rings (SSSR count). The Hall–Kier alpha value is -3.17. The van der Waals surface area contributed by atoms with Crippen molar-refractivity contribution in [2.24, 2.45) is 0 Å². The fraction of sp³-hybridized carbons (Fsp3) is 0.0870. The number of hydrogen-bond donors (Lipinski definition) is 1. The molecule has 32 heavy (non-hydrogen) atoms. The van der Waals surface area contributed by atoms with Crippen molar-refractivity contribution in [2.75, 3.05) is 17.3 Å². The van der Waals surface area contributed by atoms with E-state index in [2.05, 4.69) is 15.5 Å². The van der Waals surface area contributed by atoms with Crippen LogP contribution in [-0.2, 0) is 4.79 Å². The summed E-state index contributed by atoms with van der Waals surface area (Å²) in [6.45, 7) is 0. The van der Waals surface area contributed by atoms with Crippen molar-refractivity contribution < 1.29 is 13.6 Å². The Morgan fingerprint density at radius 1 is 0.969 bits per heavy atom. The number of carbonyl (C=O) groups is 1. The van der Waals surface area contributed by atoms with Crippen molar-refractivity contribution in [2.45, 2.75) is 10.1 Å². The molecule has 4 aromatic rings. The van der Waals surface area contributed by atoms with Gasteiger partial charge in [0.1, 0.15) is 11.6 Å². The summed E-state index contributed by atoms with van der Waals surface area (Å²) in [5.74, 6) is -0.719. The van der Waals surface area contributed by atoms with Gasteiger partial charge in [-0.3, -0.25) is 9.36 Å². The van der Waals surface area contributed by atoms with E-state index in [9.17, 15) is 13.6 Å². The van der Waals surface area contributed by atoms with Gasteiger partial charge >= 0.3 is 0 Å². The van der Waals surface area contributed by atoms with Crippen LogP contribution in [0.4, 0.5) is 14.5 Å². The molecule has 162 valence electrons. The number of anilines is 1. The maximum absolute atomic E-state index is 14.5. The molecular formula is C23H18F2N4OS2. The molecule has 0 saturated heterocycles. The van der Waals surface area contributed by atoms with E-state index < -0.39 is 11.6 Å². The predicted octanol–water partition coefficient (Wildman–Crippen LogP) is 5.67.